The first-order valence-corrected chi connectivity index (χ1v) is 10.3. The fourth-order valence-corrected chi connectivity index (χ4v) is 4.40. The Hall–Kier alpha value is -2.98. The number of fused-ring (bicyclic) bond motifs is 1. The van der Waals surface area contributed by atoms with Crippen LogP contribution in [-0.4, -0.2) is 62.2 Å². The SMILES string of the molecule is C#CC=C(OC)C(=C(C)OC)c1cc(N2CC(CN3CCCC3)C2)c2nonc2c1. The number of likely N-dealkylation sites (tertiary alicyclic amines) is 1. The number of terminal acetylenes is 1. The van der Waals surface area contributed by atoms with Crippen LogP contribution < -0.4 is 4.90 Å². The van der Waals surface area contributed by atoms with Crippen molar-refractivity contribution in [2.75, 3.05) is 51.8 Å². The molecule has 1 aromatic carbocycles. The molecule has 0 aliphatic carbocycles. The van der Waals surface area contributed by atoms with Gasteiger partial charge in [-0.1, -0.05) is 5.92 Å². The Morgan fingerprint density at radius 2 is 2.00 bits per heavy atom. The number of aromatic nitrogens is 2. The first-order chi connectivity index (χ1) is 14.6. The molecule has 2 saturated heterocycles. The van der Waals surface area contributed by atoms with Crippen LogP contribution in [-0.2, 0) is 9.47 Å². The first-order valence-electron chi connectivity index (χ1n) is 10.3. The van der Waals surface area contributed by atoms with E-state index in [4.69, 9.17) is 20.5 Å². The molecular formula is C23H28N4O3. The Morgan fingerprint density at radius 3 is 2.67 bits per heavy atom. The molecule has 7 nitrogen and oxygen atoms in total. The quantitative estimate of drug-likeness (QED) is 0.396. The largest absolute Gasteiger partial charge is 0.501 e. The Bertz CT molecular complexity index is 1010. The molecule has 1 aromatic heterocycles. The van der Waals surface area contributed by atoms with E-state index >= 15 is 0 Å². The van der Waals surface area contributed by atoms with E-state index < -0.39 is 0 Å². The number of ether oxygens (including phenoxy) is 2. The summed E-state index contributed by atoms with van der Waals surface area (Å²) in [6, 6.07) is 4.03. The topological polar surface area (TPSA) is 63.9 Å². The van der Waals surface area contributed by atoms with Gasteiger partial charge in [-0.25, -0.2) is 4.63 Å². The highest BCUT2D eigenvalue weighted by Gasteiger charge is 2.32. The average molecular weight is 409 g/mol. The van der Waals surface area contributed by atoms with Crippen molar-refractivity contribution in [1.29, 1.82) is 0 Å². The molecule has 30 heavy (non-hydrogen) atoms. The molecule has 2 aliphatic rings. The van der Waals surface area contributed by atoms with E-state index in [2.05, 4.69) is 32.1 Å². The summed E-state index contributed by atoms with van der Waals surface area (Å²) in [7, 11) is 3.23. The van der Waals surface area contributed by atoms with Crippen LogP contribution in [0.4, 0.5) is 5.69 Å². The monoisotopic (exact) mass is 408 g/mol. The molecule has 0 bridgehead atoms. The lowest BCUT2D eigenvalue weighted by Gasteiger charge is -2.42. The maximum absolute atomic E-state index is 5.56. The smallest absolute Gasteiger partial charge is 0.158 e. The molecule has 2 aromatic rings. The Labute approximate surface area is 177 Å². The molecule has 0 unspecified atom stereocenters. The van der Waals surface area contributed by atoms with Crippen molar-refractivity contribution in [1.82, 2.24) is 15.2 Å². The third-order valence-corrected chi connectivity index (χ3v) is 5.98. The summed E-state index contributed by atoms with van der Waals surface area (Å²) >= 11 is 0. The Morgan fingerprint density at radius 1 is 1.23 bits per heavy atom. The number of rotatable bonds is 7. The zero-order valence-electron chi connectivity index (χ0n) is 17.9. The number of hydrogen-bond acceptors (Lipinski definition) is 7. The summed E-state index contributed by atoms with van der Waals surface area (Å²) in [5.41, 5.74) is 4.17. The Kier molecular flexibility index (Phi) is 5.96. The standard InChI is InChI=1S/C23H28N4O3/c1-5-8-21(29-4)22(16(2)28-3)18-11-19-23(25-30-24-19)20(12-18)27-14-17(15-27)13-26-9-6-7-10-26/h1,8,11-12,17H,6-7,9-10,13-15H2,2-4H3. The lowest BCUT2D eigenvalue weighted by atomic mass is 9.95. The fraction of sp³-hybridized carbons (Fsp3) is 0.478. The van der Waals surface area contributed by atoms with Crippen molar-refractivity contribution in [2.45, 2.75) is 19.8 Å². The molecule has 0 N–H and O–H groups in total. The van der Waals surface area contributed by atoms with Crippen LogP contribution >= 0.6 is 0 Å². The van der Waals surface area contributed by atoms with Gasteiger partial charge in [0, 0.05) is 31.6 Å². The molecular weight excluding hydrogens is 380 g/mol. The van der Waals surface area contributed by atoms with Gasteiger partial charge in [-0.2, -0.15) is 0 Å². The molecule has 2 fully saturated rings. The van der Waals surface area contributed by atoms with Gasteiger partial charge in [0.15, 0.2) is 5.52 Å². The molecule has 3 heterocycles. The van der Waals surface area contributed by atoms with Gasteiger partial charge < -0.3 is 19.3 Å². The molecule has 7 heteroatoms. The molecule has 0 spiro atoms. The van der Waals surface area contributed by atoms with E-state index in [0.29, 0.717) is 23.0 Å². The van der Waals surface area contributed by atoms with E-state index in [-0.39, 0.29) is 0 Å². The highest BCUT2D eigenvalue weighted by molar-refractivity contribution is 5.94. The van der Waals surface area contributed by atoms with Gasteiger partial charge in [-0.3, -0.25) is 0 Å². The van der Waals surface area contributed by atoms with Gasteiger partial charge in [0.05, 0.1) is 25.5 Å². The summed E-state index contributed by atoms with van der Waals surface area (Å²) < 4.78 is 16.1. The summed E-state index contributed by atoms with van der Waals surface area (Å²) in [6.45, 7) is 7.52. The molecule has 0 atom stereocenters. The predicted molar refractivity (Wildman–Crippen MR) is 117 cm³/mol. The zero-order chi connectivity index (χ0) is 21.1. The summed E-state index contributed by atoms with van der Waals surface area (Å²) in [5, 5.41) is 8.25. The highest BCUT2D eigenvalue weighted by Crippen LogP contribution is 2.37. The van der Waals surface area contributed by atoms with Gasteiger partial charge in [0.25, 0.3) is 0 Å². The van der Waals surface area contributed by atoms with E-state index in [1.54, 1.807) is 20.3 Å². The van der Waals surface area contributed by atoms with Crippen LogP contribution in [0.15, 0.2) is 34.4 Å². The molecule has 0 amide bonds. The normalized spacial score (nSPS) is 18.9. The Balaban J connectivity index is 1.66. The minimum atomic E-state index is 0.564. The van der Waals surface area contributed by atoms with Crippen LogP contribution in [0.1, 0.15) is 25.3 Å². The maximum Gasteiger partial charge on any atom is 0.158 e. The highest BCUT2D eigenvalue weighted by atomic mass is 16.6. The van der Waals surface area contributed by atoms with E-state index in [0.717, 1.165) is 35.4 Å². The second kappa shape index (κ2) is 8.80. The van der Waals surface area contributed by atoms with Crippen LogP contribution in [0.25, 0.3) is 16.6 Å². The van der Waals surface area contributed by atoms with Crippen LogP contribution in [0, 0.1) is 18.3 Å². The third kappa shape index (κ3) is 3.88. The van der Waals surface area contributed by atoms with Gasteiger partial charge in [0.1, 0.15) is 17.0 Å². The van der Waals surface area contributed by atoms with Gasteiger partial charge in [-0.05, 0) is 60.9 Å². The molecule has 0 radical (unpaired) electrons. The minimum absolute atomic E-state index is 0.564. The summed E-state index contributed by atoms with van der Waals surface area (Å²) in [5.74, 6) is 4.48. The second-order valence-electron chi connectivity index (χ2n) is 7.92. The number of benzene rings is 1. The zero-order valence-corrected chi connectivity index (χ0v) is 17.9. The molecule has 0 saturated carbocycles. The number of allylic oxidation sites excluding steroid dienone is 3. The van der Waals surface area contributed by atoms with Crippen molar-refractivity contribution < 1.29 is 14.1 Å². The molecule has 158 valence electrons. The van der Waals surface area contributed by atoms with Crippen molar-refractivity contribution in [3.8, 4) is 12.3 Å². The predicted octanol–water partition coefficient (Wildman–Crippen LogP) is 3.30. The van der Waals surface area contributed by atoms with Gasteiger partial charge >= 0.3 is 0 Å². The van der Waals surface area contributed by atoms with E-state index in [1.807, 2.05) is 13.0 Å². The van der Waals surface area contributed by atoms with Crippen molar-refractivity contribution in [3.63, 3.8) is 0 Å². The van der Waals surface area contributed by atoms with Crippen LogP contribution in [0.2, 0.25) is 0 Å². The van der Waals surface area contributed by atoms with Gasteiger partial charge in [-0.15, -0.1) is 6.42 Å². The number of hydrogen-bond donors (Lipinski definition) is 0. The number of methoxy groups -OCH3 is 2. The maximum atomic E-state index is 5.56. The van der Waals surface area contributed by atoms with Crippen molar-refractivity contribution >= 4 is 22.3 Å². The van der Waals surface area contributed by atoms with Gasteiger partial charge in [0.2, 0.25) is 0 Å². The van der Waals surface area contributed by atoms with Crippen LogP contribution in [0.3, 0.4) is 0 Å². The van der Waals surface area contributed by atoms with E-state index in [1.165, 1.54) is 32.5 Å². The molecule has 2 aliphatic heterocycles. The van der Waals surface area contributed by atoms with E-state index in [9.17, 15) is 0 Å². The lowest BCUT2D eigenvalue weighted by molar-refractivity contribution is 0.247. The molecule has 4 rings (SSSR count). The first kappa shape index (κ1) is 20.3. The number of nitrogens with zero attached hydrogens (tertiary/aromatic N) is 4. The third-order valence-electron chi connectivity index (χ3n) is 5.98. The fourth-order valence-electron chi connectivity index (χ4n) is 4.40. The number of anilines is 1. The summed E-state index contributed by atoms with van der Waals surface area (Å²) in [6.07, 6.45) is 9.75. The second-order valence-corrected chi connectivity index (χ2v) is 7.92. The lowest BCUT2D eigenvalue weighted by Crippen LogP contribution is -2.51. The summed E-state index contributed by atoms with van der Waals surface area (Å²) in [4.78, 5) is 4.91. The average Bonchev–Trinajstić information content (AvgIpc) is 3.41. The van der Waals surface area contributed by atoms with Crippen LogP contribution in [0.5, 0.6) is 0 Å². The van der Waals surface area contributed by atoms with Crippen molar-refractivity contribution in [2.24, 2.45) is 5.92 Å². The minimum Gasteiger partial charge on any atom is -0.501 e. The van der Waals surface area contributed by atoms with Crippen molar-refractivity contribution in [3.05, 3.63) is 35.3 Å².